The van der Waals surface area contributed by atoms with E-state index >= 15 is 0 Å². The van der Waals surface area contributed by atoms with E-state index in [1.807, 2.05) is 0 Å². The molecule has 5 nitrogen and oxygen atoms in total. The zero-order valence-electron chi connectivity index (χ0n) is 7.14. The molecule has 0 radical (unpaired) electrons. The number of rotatable bonds is 2. The standard InChI is InChI=1S/C8H12N4O/c9-7-3-8(11-4-10-7)12-5-1-6(13)2-5/h3-6,13H,1-2H2,(H3,9,10,11,12). The topological polar surface area (TPSA) is 84.1 Å². The van der Waals surface area contributed by atoms with Crippen molar-refractivity contribution in [2.75, 3.05) is 11.1 Å². The molecule has 1 aliphatic rings. The minimum atomic E-state index is -0.156. The Labute approximate surface area is 76.0 Å². The SMILES string of the molecule is Nc1cc(NC2CC(O)C2)ncn1. The predicted octanol–water partition coefficient (Wildman–Crippen LogP) is -0.00600. The van der Waals surface area contributed by atoms with Crippen molar-refractivity contribution in [1.29, 1.82) is 0 Å². The highest BCUT2D eigenvalue weighted by Crippen LogP contribution is 2.23. The molecule has 5 heteroatoms. The number of hydrogen-bond acceptors (Lipinski definition) is 5. The van der Waals surface area contributed by atoms with Crippen molar-refractivity contribution in [3.05, 3.63) is 12.4 Å². The summed E-state index contributed by atoms with van der Waals surface area (Å²) < 4.78 is 0. The van der Waals surface area contributed by atoms with E-state index in [9.17, 15) is 0 Å². The summed E-state index contributed by atoms with van der Waals surface area (Å²) in [6.45, 7) is 0. The summed E-state index contributed by atoms with van der Waals surface area (Å²) in [7, 11) is 0. The van der Waals surface area contributed by atoms with E-state index < -0.39 is 0 Å². The number of aliphatic hydroxyl groups is 1. The molecule has 0 amide bonds. The Balaban J connectivity index is 1.94. The molecule has 1 fully saturated rings. The van der Waals surface area contributed by atoms with Gasteiger partial charge in [-0.2, -0.15) is 0 Å². The summed E-state index contributed by atoms with van der Waals surface area (Å²) in [5.74, 6) is 1.18. The number of aliphatic hydroxyl groups excluding tert-OH is 1. The molecule has 1 heterocycles. The zero-order valence-corrected chi connectivity index (χ0v) is 7.14. The van der Waals surface area contributed by atoms with Crippen molar-refractivity contribution in [2.45, 2.75) is 25.0 Å². The molecule has 0 aliphatic heterocycles. The number of nitrogens with two attached hydrogens (primary N) is 1. The third-order valence-corrected chi connectivity index (χ3v) is 2.15. The normalized spacial score (nSPS) is 26.5. The van der Waals surface area contributed by atoms with Gasteiger partial charge in [0.2, 0.25) is 0 Å². The van der Waals surface area contributed by atoms with Gasteiger partial charge in [-0.15, -0.1) is 0 Å². The van der Waals surface area contributed by atoms with Gasteiger partial charge in [0.15, 0.2) is 0 Å². The van der Waals surface area contributed by atoms with E-state index in [1.165, 1.54) is 6.33 Å². The average Bonchev–Trinajstić information content (AvgIpc) is 2.01. The molecule has 70 valence electrons. The molecule has 2 rings (SSSR count). The maximum absolute atomic E-state index is 9.05. The summed E-state index contributed by atoms with van der Waals surface area (Å²) >= 11 is 0. The van der Waals surface area contributed by atoms with Crippen molar-refractivity contribution in [3.8, 4) is 0 Å². The van der Waals surface area contributed by atoms with Gasteiger partial charge in [-0.1, -0.05) is 0 Å². The van der Waals surface area contributed by atoms with E-state index in [0.29, 0.717) is 11.9 Å². The number of aromatic nitrogens is 2. The molecule has 0 spiro atoms. The quantitative estimate of drug-likeness (QED) is 0.596. The number of nitrogen functional groups attached to an aromatic ring is 1. The monoisotopic (exact) mass is 180 g/mol. The second kappa shape index (κ2) is 3.18. The molecule has 0 atom stereocenters. The van der Waals surface area contributed by atoms with Crippen LogP contribution in [-0.2, 0) is 0 Å². The fourth-order valence-corrected chi connectivity index (χ4v) is 1.37. The first-order chi connectivity index (χ1) is 6.24. The van der Waals surface area contributed by atoms with Crippen molar-refractivity contribution in [3.63, 3.8) is 0 Å². The number of hydrogen-bond donors (Lipinski definition) is 3. The summed E-state index contributed by atoms with van der Waals surface area (Å²) in [6.07, 6.45) is 2.83. The highest BCUT2D eigenvalue weighted by molar-refractivity contribution is 5.44. The lowest BCUT2D eigenvalue weighted by Crippen LogP contribution is -2.39. The summed E-state index contributed by atoms with van der Waals surface area (Å²) in [5.41, 5.74) is 5.48. The molecular weight excluding hydrogens is 168 g/mol. The van der Waals surface area contributed by atoms with Crippen molar-refractivity contribution in [2.24, 2.45) is 0 Å². The first-order valence-electron chi connectivity index (χ1n) is 4.26. The largest absolute Gasteiger partial charge is 0.393 e. The highest BCUT2D eigenvalue weighted by atomic mass is 16.3. The number of nitrogens with one attached hydrogen (secondary N) is 1. The van der Waals surface area contributed by atoms with Crippen molar-refractivity contribution in [1.82, 2.24) is 9.97 Å². The Kier molecular flexibility index (Phi) is 2.02. The molecule has 0 unspecified atom stereocenters. The van der Waals surface area contributed by atoms with Crippen LogP contribution in [0.2, 0.25) is 0 Å². The molecule has 0 aromatic carbocycles. The first-order valence-corrected chi connectivity index (χ1v) is 4.26. The van der Waals surface area contributed by atoms with Gasteiger partial charge in [-0.3, -0.25) is 0 Å². The van der Waals surface area contributed by atoms with Crippen LogP contribution in [0.5, 0.6) is 0 Å². The van der Waals surface area contributed by atoms with Crippen LogP contribution in [-0.4, -0.2) is 27.2 Å². The Bertz CT molecular complexity index is 298. The molecule has 1 saturated carbocycles. The smallest absolute Gasteiger partial charge is 0.131 e. The Morgan fingerprint density at radius 3 is 2.85 bits per heavy atom. The lowest BCUT2D eigenvalue weighted by atomic mass is 9.89. The predicted molar refractivity (Wildman–Crippen MR) is 49.1 cm³/mol. The van der Waals surface area contributed by atoms with Crippen molar-refractivity contribution < 1.29 is 5.11 Å². The van der Waals surface area contributed by atoms with Gasteiger partial charge in [0.25, 0.3) is 0 Å². The number of nitrogens with zero attached hydrogens (tertiary/aromatic N) is 2. The summed E-state index contributed by atoms with van der Waals surface area (Å²) in [4.78, 5) is 7.79. The second-order valence-corrected chi connectivity index (χ2v) is 3.29. The van der Waals surface area contributed by atoms with Crippen molar-refractivity contribution >= 4 is 11.6 Å². The first kappa shape index (κ1) is 8.25. The van der Waals surface area contributed by atoms with Crippen LogP contribution >= 0.6 is 0 Å². The van der Waals surface area contributed by atoms with Gasteiger partial charge in [0.1, 0.15) is 18.0 Å². The minimum Gasteiger partial charge on any atom is -0.393 e. The third kappa shape index (κ3) is 1.86. The Morgan fingerprint density at radius 1 is 1.46 bits per heavy atom. The second-order valence-electron chi connectivity index (χ2n) is 3.29. The molecular formula is C8H12N4O. The molecule has 1 aliphatic carbocycles. The van der Waals surface area contributed by atoms with E-state index in [0.717, 1.165) is 18.7 Å². The molecule has 1 aromatic heterocycles. The summed E-state index contributed by atoms with van der Waals surface area (Å²) in [6, 6.07) is 2.01. The maximum atomic E-state index is 9.05. The molecule has 0 saturated heterocycles. The fourth-order valence-electron chi connectivity index (χ4n) is 1.37. The minimum absolute atomic E-state index is 0.156. The third-order valence-electron chi connectivity index (χ3n) is 2.15. The van der Waals surface area contributed by atoms with Gasteiger partial charge in [0.05, 0.1) is 6.10 Å². The zero-order chi connectivity index (χ0) is 9.26. The van der Waals surface area contributed by atoms with E-state index in [4.69, 9.17) is 10.8 Å². The molecule has 0 bridgehead atoms. The van der Waals surface area contributed by atoms with Gasteiger partial charge in [0, 0.05) is 12.1 Å². The van der Waals surface area contributed by atoms with Gasteiger partial charge < -0.3 is 16.2 Å². The Hall–Kier alpha value is -1.36. The van der Waals surface area contributed by atoms with E-state index in [2.05, 4.69) is 15.3 Å². The van der Waals surface area contributed by atoms with Crippen LogP contribution in [0.25, 0.3) is 0 Å². The van der Waals surface area contributed by atoms with Crippen LogP contribution < -0.4 is 11.1 Å². The van der Waals surface area contributed by atoms with Crippen LogP contribution in [0, 0.1) is 0 Å². The van der Waals surface area contributed by atoms with E-state index in [-0.39, 0.29) is 6.10 Å². The fraction of sp³-hybridized carbons (Fsp3) is 0.500. The molecule has 13 heavy (non-hydrogen) atoms. The lowest BCUT2D eigenvalue weighted by Gasteiger charge is -2.32. The lowest BCUT2D eigenvalue weighted by molar-refractivity contribution is 0.0835. The highest BCUT2D eigenvalue weighted by Gasteiger charge is 2.26. The van der Waals surface area contributed by atoms with Gasteiger partial charge >= 0.3 is 0 Å². The average molecular weight is 180 g/mol. The maximum Gasteiger partial charge on any atom is 0.131 e. The van der Waals surface area contributed by atoms with Crippen LogP contribution in [0.15, 0.2) is 12.4 Å². The van der Waals surface area contributed by atoms with Crippen LogP contribution in [0.4, 0.5) is 11.6 Å². The molecule has 4 N–H and O–H groups in total. The van der Waals surface area contributed by atoms with Crippen LogP contribution in [0.1, 0.15) is 12.8 Å². The van der Waals surface area contributed by atoms with E-state index in [1.54, 1.807) is 6.07 Å². The molecule has 1 aromatic rings. The van der Waals surface area contributed by atoms with Gasteiger partial charge in [-0.05, 0) is 12.8 Å². The van der Waals surface area contributed by atoms with Crippen LogP contribution in [0.3, 0.4) is 0 Å². The number of anilines is 2. The summed E-state index contributed by atoms with van der Waals surface area (Å²) in [5, 5.41) is 12.2. The van der Waals surface area contributed by atoms with Gasteiger partial charge in [-0.25, -0.2) is 9.97 Å². The Morgan fingerprint density at radius 2 is 2.23 bits per heavy atom.